The zero-order valence-electron chi connectivity index (χ0n) is 23.0. The molecule has 1 aliphatic heterocycles. The Morgan fingerprint density at radius 1 is 0.974 bits per heavy atom. The van der Waals surface area contributed by atoms with E-state index in [-0.39, 0.29) is 18.0 Å². The maximum atomic E-state index is 13.8. The summed E-state index contributed by atoms with van der Waals surface area (Å²) in [5, 5.41) is 14.9. The molecule has 0 radical (unpaired) electrons. The summed E-state index contributed by atoms with van der Waals surface area (Å²) in [5.74, 6) is 0.294. The molecule has 1 amide bonds. The number of rotatable bonds is 5. The number of carbonyl (C=O) groups is 1. The van der Waals surface area contributed by atoms with E-state index in [1.54, 1.807) is 6.92 Å². The molecule has 204 valence electrons. The second-order valence-corrected chi connectivity index (χ2v) is 11.2. The van der Waals surface area contributed by atoms with Crippen molar-refractivity contribution in [3.8, 4) is 0 Å². The Morgan fingerprint density at radius 3 is 2.33 bits per heavy atom. The van der Waals surface area contributed by atoms with E-state index in [1.807, 2.05) is 17.0 Å². The Morgan fingerprint density at radius 2 is 1.64 bits per heavy atom. The van der Waals surface area contributed by atoms with Crippen LogP contribution in [0.4, 0.5) is 0 Å². The summed E-state index contributed by atoms with van der Waals surface area (Å²) in [7, 11) is 0. The number of ether oxygens (including phenoxy) is 1. The molecule has 1 aromatic heterocycles. The standard InChI is InChI=1S/C32H38N4O3/c1-3-35-28-16-14-22(18-26(28)27-20-23(21(2)34-38)15-17-29(27)35)19-30-31(37)36(25-12-8-5-9-13-25)32(39-30)33-24-10-6-4-7-11-24/h14-20,24-25,38H,3-13H2,1-2H3/b30-19-,33-32?,34-21+. The van der Waals surface area contributed by atoms with Crippen LogP contribution < -0.4 is 0 Å². The number of aryl methyl sites for hydroxylation is 1. The van der Waals surface area contributed by atoms with Crippen molar-refractivity contribution >= 4 is 45.5 Å². The monoisotopic (exact) mass is 526 g/mol. The van der Waals surface area contributed by atoms with E-state index >= 15 is 0 Å². The van der Waals surface area contributed by atoms with Gasteiger partial charge in [0.15, 0.2) is 5.76 Å². The quantitative estimate of drug-likeness (QED) is 0.165. The fourth-order valence-electron chi connectivity index (χ4n) is 6.59. The molecule has 1 saturated heterocycles. The number of nitrogens with zero attached hydrogens (tertiary/aromatic N) is 4. The SMILES string of the molecule is CCn1c2ccc(/C=C3\OC(=NC4CCCCC4)N(C4CCCCC4)C3=O)cc2c2cc(/C(C)=N/O)ccc21. The molecule has 0 atom stereocenters. The van der Waals surface area contributed by atoms with Gasteiger partial charge in [0.1, 0.15) is 0 Å². The lowest BCUT2D eigenvalue weighted by molar-refractivity contribution is -0.124. The first-order valence-corrected chi connectivity index (χ1v) is 14.6. The van der Waals surface area contributed by atoms with Crippen LogP contribution in [0.25, 0.3) is 27.9 Å². The first kappa shape index (κ1) is 25.7. The highest BCUT2D eigenvalue weighted by atomic mass is 16.5. The number of fused-ring (bicyclic) bond motifs is 3. The van der Waals surface area contributed by atoms with Crippen molar-refractivity contribution in [2.45, 2.75) is 96.7 Å². The number of aliphatic imine (C=N–C) groups is 1. The Bertz CT molecular complexity index is 1490. The molecule has 3 fully saturated rings. The van der Waals surface area contributed by atoms with Gasteiger partial charge in [0.05, 0.1) is 11.8 Å². The van der Waals surface area contributed by atoms with Crippen LogP contribution in [0.3, 0.4) is 0 Å². The van der Waals surface area contributed by atoms with Gasteiger partial charge in [-0.3, -0.25) is 9.69 Å². The molecule has 0 spiro atoms. The van der Waals surface area contributed by atoms with Crippen LogP contribution in [0.15, 0.2) is 52.3 Å². The van der Waals surface area contributed by atoms with E-state index in [9.17, 15) is 10.0 Å². The lowest BCUT2D eigenvalue weighted by atomic mass is 9.94. The van der Waals surface area contributed by atoms with E-state index in [1.165, 1.54) is 25.7 Å². The zero-order valence-corrected chi connectivity index (χ0v) is 23.0. The van der Waals surface area contributed by atoms with Gasteiger partial charge in [-0.1, -0.05) is 55.8 Å². The van der Waals surface area contributed by atoms with Crippen LogP contribution in [0, 0.1) is 0 Å². The number of hydrogen-bond acceptors (Lipinski definition) is 5. The molecule has 39 heavy (non-hydrogen) atoms. The Labute approximate surface area is 229 Å². The summed E-state index contributed by atoms with van der Waals surface area (Å²) < 4.78 is 8.56. The average Bonchev–Trinajstić information content (AvgIpc) is 3.45. The molecule has 2 heterocycles. The van der Waals surface area contributed by atoms with Gasteiger partial charge in [-0.15, -0.1) is 0 Å². The first-order valence-electron chi connectivity index (χ1n) is 14.6. The molecule has 0 bridgehead atoms. The van der Waals surface area contributed by atoms with Crippen LogP contribution in [-0.4, -0.2) is 44.4 Å². The number of amidine groups is 1. The van der Waals surface area contributed by atoms with E-state index in [4.69, 9.17) is 9.73 Å². The lowest BCUT2D eigenvalue weighted by Gasteiger charge is -2.29. The molecular formula is C32H38N4O3. The van der Waals surface area contributed by atoms with Crippen LogP contribution >= 0.6 is 0 Å². The second-order valence-electron chi connectivity index (χ2n) is 11.2. The van der Waals surface area contributed by atoms with Gasteiger partial charge in [0.25, 0.3) is 5.91 Å². The number of hydrogen-bond donors (Lipinski definition) is 1. The molecule has 2 aliphatic carbocycles. The van der Waals surface area contributed by atoms with Crippen LogP contribution in [0.1, 0.15) is 89.2 Å². The Balaban J connectivity index is 1.40. The highest BCUT2D eigenvalue weighted by Gasteiger charge is 2.40. The van der Waals surface area contributed by atoms with Gasteiger partial charge in [-0.25, -0.2) is 4.99 Å². The van der Waals surface area contributed by atoms with Gasteiger partial charge in [0.2, 0.25) is 0 Å². The second kappa shape index (κ2) is 10.9. The van der Waals surface area contributed by atoms with Crippen LogP contribution in [-0.2, 0) is 16.1 Å². The highest BCUT2D eigenvalue weighted by molar-refractivity contribution is 6.13. The topological polar surface area (TPSA) is 79.4 Å². The third kappa shape index (κ3) is 4.83. The van der Waals surface area contributed by atoms with E-state index < -0.39 is 0 Å². The van der Waals surface area contributed by atoms with Crippen molar-refractivity contribution < 1.29 is 14.7 Å². The minimum atomic E-state index is -0.0652. The third-order valence-corrected chi connectivity index (χ3v) is 8.72. The number of aromatic nitrogens is 1. The number of oxime groups is 1. The molecule has 0 unspecified atom stereocenters. The van der Waals surface area contributed by atoms with E-state index in [0.29, 0.717) is 17.5 Å². The van der Waals surface area contributed by atoms with Crippen LogP contribution in [0.2, 0.25) is 0 Å². The predicted octanol–water partition coefficient (Wildman–Crippen LogP) is 7.23. The minimum Gasteiger partial charge on any atom is -0.420 e. The number of amides is 1. The zero-order chi connectivity index (χ0) is 26.9. The summed E-state index contributed by atoms with van der Waals surface area (Å²) in [5.41, 5.74) is 4.63. The Hall–Kier alpha value is -3.61. The molecule has 3 aliphatic rings. The smallest absolute Gasteiger partial charge is 0.300 e. The van der Waals surface area contributed by atoms with Gasteiger partial charge in [-0.2, -0.15) is 0 Å². The largest absolute Gasteiger partial charge is 0.420 e. The maximum absolute atomic E-state index is 13.8. The predicted molar refractivity (Wildman–Crippen MR) is 156 cm³/mol. The maximum Gasteiger partial charge on any atom is 0.300 e. The lowest BCUT2D eigenvalue weighted by Crippen LogP contribution is -2.41. The van der Waals surface area contributed by atoms with Gasteiger partial charge in [0, 0.05) is 34.4 Å². The summed E-state index contributed by atoms with van der Waals surface area (Å²) in [6.45, 7) is 4.77. The molecular weight excluding hydrogens is 488 g/mol. The fraction of sp³-hybridized carbons (Fsp3) is 0.469. The fourth-order valence-corrected chi connectivity index (χ4v) is 6.59. The average molecular weight is 527 g/mol. The van der Waals surface area contributed by atoms with E-state index in [2.05, 4.69) is 47.0 Å². The van der Waals surface area contributed by atoms with Crippen molar-refractivity contribution in [1.82, 2.24) is 9.47 Å². The van der Waals surface area contributed by atoms with Crippen molar-refractivity contribution in [1.29, 1.82) is 0 Å². The summed E-state index contributed by atoms with van der Waals surface area (Å²) in [4.78, 5) is 20.6. The van der Waals surface area contributed by atoms with Crippen molar-refractivity contribution in [3.05, 3.63) is 53.3 Å². The first-order chi connectivity index (χ1) is 19.1. The number of benzene rings is 2. The molecule has 6 rings (SSSR count). The summed E-state index contributed by atoms with van der Waals surface area (Å²) in [6.07, 6.45) is 13.2. The molecule has 3 aromatic rings. The molecule has 2 aromatic carbocycles. The normalized spacial score (nSPS) is 22.1. The summed E-state index contributed by atoms with van der Waals surface area (Å²) >= 11 is 0. The minimum absolute atomic E-state index is 0.0652. The molecule has 7 heteroatoms. The van der Waals surface area contributed by atoms with Crippen molar-refractivity contribution in [2.24, 2.45) is 10.1 Å². The van der Waals surface area contributed by atoms with Gasteiger partial charge >= 0.3 is 6.02 Å². The summed E-state index contributed by atoms with van der Waals surface area (Å²) in [6, 6.07) is 13.4. The number of carbonyl (C=O) groups excluding carboxylic acids is 1. The Kier molecular flexibility index (Phi) is 7.15. The van der Waals surface area contributed by atoms with Gasteiger partial charge in [-0.05, 0) is 81.0 Å². The third-order valence-electron chi connectivity index (χ3n) is 8.72. The molecule has 1 N–H and O–H groups in total. The van der Waals surface area contributed by atoms with Crippen molar-refractivity contribution in [3.63, 3.8) is 0 Å². The molecule has 7 nitrogen and oxygen atoms in total. The molecule has 2 saturated carbocycles. The van der Waals surface area contributed by atoms with Crippen molar-refractivity contribution in [2.75, 3.05) is 0 Å². The van der Waals surface area contributed by atoms with Gasteiger partial charge < -0.3 is 14.5 Å². The van der Waals surface area contributed by atoms with Crippen LogP contribution in [0.5, 0.6) is 0 Å². The van der Waals surface area contributed by atoms with E-state index in [0.717, 1.165) is 78.0 Å². The highest BCUT2D eigenvalue weighted by Crippen LogP contribution is 2.34.